The molecular weight excluding hydrogens is 272 g/mol. The van der Waals surface area contributed by atoms with E-state index in [9.17, 15) is 4.79 Å². The van der Waals surface area contributed by atoms with E-state index in [2.05, 4.69) is 12.2 Å². The second kappa shape index (κ2) is 8.89. The Hall–Kier alpha value is -0.280. The maximum Gasteiger partial charge on any atom is 0.223 e. The van der Waals surface area contributed by atoms with Gasteiger partial charge in [-0.25, -0.2) is 0 Å². The predicted octanol–water partition coefficient (Wildman–Crippen LogP) is 3.26. The molecule has 0 aromatic rings. The maximum atomic E-state index is 12.3. The number of halogens is 1. The van der Waals surface area contributed by atoms with Crippen molar-refractivity contribution in [2.24, 2.45) is 23.5 Å². The minimum Gasteiger partial charge on any atom is -0.353 e. The van der Waals surface area contributed by atoms with Crippen LogP contribution in [0.1, 0.15) is 64.7 Å². The summed E-state index contributed by atoms with van der Waals surface area (Å²) in [6, 6.07) is 0.331. The first-order valence-corrected chi connectivity index (χ1v) is 8.21. The summed E-state index contributed by atoms with van der Waals surface area (Å²) in [5, 5.41) is 3.27. The van der Waals surface area contributed by atoms with Crippen LogP contribution in [0.2, 0.25) is 0 Å². The molecule has 0 aromatic heterocycles. The van der Waals surface area contributed by atoms with Crippen LogP contribution < -0.4 is 11.1 Å². The molecule has 2 rings (SSSR count). The number of rotatable bonds is 5. The average Bonchev–Trinajstić information content (AvgIpc) is 2.92. The molecule has 0 bridgehead atoms. The third-order valence-corrected chi connectivity index (χ3v) is 5.15. The first kappa shape index (κ1) is 17.8. The van der Waals surface area contributed by atoms with Crippen molar-refractivity contribution in [1.29, 1.82) is 0 Å². The maximum absolute atomic E-state index is 12.3. The molecule has 3 nitrogen and oxygen atoms in total. The van der Waals surface area contributed by atoms with Crippen LogP contribution in [-0.4, -0.2) is 18.5 Å². The smallest absolute Gasteiger partial charge is 0.223 e. The van der Waals surface area contributed by atoms with Crippen molar-refractivity contribution in [3.63, 3.8) is 0 Å². The van der Waals surface area contributed by atoms with Crippen molar-refractivity contribution in [2.75, 3.05) is 6.54 Å². The monoisotopic (exact) mass is 302 g/mol. The largest absolute Gasteiger partial charge is 0.353 e. The fourth-order valence-electron chi connectivity index (χ4n) is 3.86. The van der Waals surface area contributed by atoms with Crippen molar-refractivity contribution in [1.82, 2.24) is 5.32 Å². The highest BCUT2D eigenvalue weighted by atomic mass is 35.5. The lowest BCUT2D eigenvalue weighted by Gasteiger charge is -2.32. The fourth-order valence-corrected chi connectivity index (χ4v) is 3.86. The van der Waals surface area contributed by atoms with Crippen LogP contribution in [0.4, 0.5) is 0 Å². The highest BCUT2D eigenvalue weighted by Crippen LogP contribution is 2.30. The highest BCUT2D eigenvalue weighted by molar-refractivity contribution is 5.85. The van der Waals surface area contributed by atoms with Gasteiger partial charge >= 0.3 is 0 Å². The standard InChI is InChI=1S/C16H30N2O.ClH/c1-12(10-13-6-2-3-7-13)16(19)18-15-9-5-4-8-14(15)11-17;/h12-15H,2-11,17H2,1H3,(H,18,19);1H. The number of hydrogen-bond donors (Lipinski definition) is 2. The van der Waals surface area contributed by atoms with E-state index in [1.165, 1.54) is 44.9 Å². The van der Waals surface area contributed by atoms with Crippen molar-refractivity contribution in [3.8, 4) is 0 Å². The topological polar surface area (TPSA) is 55.1 Å². The Labute approximate surface area is 129 Å². The van der Waals surface area contributed by atoms with Crippen molar-refractivity contribution in [3.05, 3.63) is 0 Å². The van der Waals surface area contributed by atoms with Crippen molar-refractivity contribution < 1.29 is 4.79 Å². The van der Waals surface area contributed by atoms with Gasteiger partial charge in [-0.1, -0.05) is 45.4 Å². The van der Waals surface area contributed by atoms with Gasteiger partial charge in [0.1, 0.15) is 0 Å². The zero-order chi connectivity index (χ0) is 13.7. The Bertz CT molecular complexity index is 292. The van der Waals surface area contributed by atoms with E-state index in [-0.39, 0.29) is 24.2 Å². The molecule has 0 spiro atoms. The zero-order valence-corrected chi connectivity index (χ0v) is 13.6. The summed E-state index contributed by atoms with van der Waals surface area (Å²) in [6.45, 7) is 2.80. The van der Waals surface area contributed by atoms with Crippen molar-refractivity contribution in [2.45, 2.75) is 70.8 Å². The van der Waals surface area contributed by atoms with Gasteiger partial charge in [-0.3, -0.25) is 4.79 Å². The minimum absolute atomic E-state index is 0. The van der Waals surface area contributed by atoms with Gasteiger partial charge in [0.25, 0.3) is 0 Å². The Morgan fingerprint density at radius 2 is 1.75 bits per heavy atom. The molecular formula is C16H31ClN2O. The molecule has 0 aromatic carbocycles. The Balaban J connectivity index is 0.00000200. The molecule has 1 amide bonds. The molecule has 0 saturated heterocycles. The lowest BCUT2D eigenvalue weighted by Crippen LogP contribution is -2.46. The SMILES string of the molecule is CC(CC1CCCC1)C(=O)NC1CCCCC1CN.Cl. The summed E-state index contributed by atoms with van der Waals surface area (Å²) in [5.74, 6) is 1.72. The van der Waals surface area contributed by atoms with Gasteiger partial charge in [-0.2, -0.15) is 0 Å². The number of carbonyl (C=O) groups excluding carboxylic acids is 1. The van der Waals surface area contributed by atoms with E-state index >= 15 is 0 Å². The Morgan fingerprint density at radius 3 is 2.40 bits per heavy atom. The molecule has 2 aliphatic carbocycles. The molecule has 2 saturated carbocycles. The summed E-state index contributed by atoms with van der Waals surface area (Å²) in [7, 11) is 0. The zero-order valence-electron chi connectivity index (χ0n) is 12.8. The van der Waals surface area contributed by atoms with E-state index in [0.29, 0.717) is 18.5 Å². The summed E-state index contributed by atoms with van der Waals surface area (Å²) in [5.41, 5.74) is 5.83. The number of amides is 1. The van der Waals surface area contributed by atoms with E-state index in [1.807, 2.05) is 0 Å². The van der Waals surface area contributed by atoms with E-state index in [1.54, 1.807) is 0 Å². The van der Waals surface area contributed by atoms with Crippen LogP contribution >= 0.6 is 12.4 Å². The molecule has 0 aliphatic heterocycles. The third kappa shape index (κ3) is 4.92. The molecule has 0 radical (unpaired) electrons. The van der Waals surface area contributed by atoms with E-state index in [4.69, 9.17) is 5.73 Å². The first-order valence-electron chi connectivity index (χ1n) is 8.21. The number of nitrogens with one attached hydrogen (secondary N) is 1. The van der Waals surface area contributed by atoms with Gasteiger partial charge in [0, 0.05) is 12.0 Å². The summed E-state index contributed by atoms with van der Waals surface area (Å²) in [4.78, 5) is 12.3. The van der Waals surface area contributed by atoms with Gasteiger partial charge in [0.2, 0.25) is 5.91 Å². The first-order chi connectivity index (χ1) is 9.20. The lowest BCUT2D eigenvalue weighted by atomic mass is 9.84. The molecule has 118 valence electrons. The van der Waals surface area contributed by atoms with Gasteiger partial charge in [0.15, 0.2) is 0 Å². The highest BCUT2D eigenvalue weighted by Gasteiger charge is 2.28. The molecule has 0 heterocycles. The number of hydrogen-bond acceptors (Lipinski definition) is 2. The Morgan fingerprint density at radius 1 is 1.15 bits per heavy atom. The summed E-state index contributed by atoms with van der Waals surface area (Å²) >= 11 is 0. The number of carbonyl (C=O) groups is 1. The van der Waals surface area contributed by atoms with Crippen LogP contribution in [0.5, 0.6) is 0 Å². The van der Waals surface area contributed by atoms with E-state index in [0.717, 1.165) is 18.8 Å². The van der Waals surface area contributed by atoms with Gasteiger partial charge in [-0.15, -0.1) is 12.4 Å². The second-order valence-electron chi connectivity index (χ2n) is 6.68. The average molecular weight is 303 g/mol. The van der Waals surface area contributed by atoms with Crippen LogP contribution in [0, 0.1) is 17.8 Å². The predicted molar refractivity (Wildman–Crippen MR) is 85.9 cm³/mol. The van der Waals surface area contributed by atoms with Crippen molar-refractivity contribution >= 4 is 18.3 Å². The van der Waals surface area contributed by atoms with Gasteiger partial charge < -0.3 is 11.1 Å². The number of nitrogens with two attached hydrogens (primary N) is 1. The fraction of sp³-hybridized carbons (Fsp3) is 0.938. The van der Waals surface area contributed by atoms with Gasteiger partial charge in [0.05, 0.1) is 0 Å². The van der Waals surface area contributed by atoms with E-state index < -0.39 is 0 Å². The second-order valence-corrected chi connectivity index (χ2v) is 6.68. The molecule has 3 N–H and O–H groups in total. The summed E-state index contributed by atoms with van der Waals surface area (Å²) in [6.07, 6.45) is 11.2. The quantitative estimate of drug-likeness (QED) is 0.819. The van der Waals surface area contributed by atoms with Crippen LogP contribution in [0.15, 0.2) is 0 Å². The molecule has 3 unspecified atom stereocenters. The van der Waals surface area contributed by atoms with Crippen LogP contribution in [0.25, 0.3) is 0 Å². The molecule has 2 fully saturated rings. The normalized spacial score (nSPS) is 28.7. The lowest BCUT2D eigenvalue weighted by molar-refractivity contribution is -0.126. The Kier molecular flexibility index (Phi) is 7.90. The van der Waals surface area contributed by atoms with Crippen LogP contribution in [0.3, 0.4) is 0 Å². The minimum atomic E-state index is 0. The third-order valence-electron chi connectivity index (χ3n) is 5.15. The summed E-state index contributed by atoms with van der Waals surface area (Å²) < 4.78 is 0. The molecule has 20 heavy (non-hydrogen) atoms. The van der Waals surface area contributed by atoms with Crippen LogP contribution in [-0.2, 0) is 4.79 Å². The molecule has 4 heteroatoms. The molecule has 3 atom stereocenters. The van der Waals surface area contributed by atoms with Gasteiger partial charge in [-0.05, 0) is 37.6 Å². The molecule has 2 aliphatic rings.